The van der Waals surface area contributed by atoms with Gasteiger partial charge in [0.25, 0.3) is 0 Å². The molecule has 1 aromatic heterocycles. The highest BCUT2D eigenvalue weighted by Crippen LogP contribution is 2.30. The van der Waals surface area contributed by atoms with Gasteiger partial charge >= 0.3 is 0 Å². The summed E-state index contributed by atoms with van der Waals surface area (Å²) in [5, 5.41) is 7.85. The Labute approximate surface area is 126 Å². The first kappa shape index (κ1) is 14.3. The van der Waals surface area contributed by atoms with Gasteiger partial charge in [-0.3, -0.25) is 15.3 Å². The molecule has 3 N–H and O–H groups in total. The van der Waals surface area contributed by atoms with Crippen molar-refractivity contribution >= 4 is 11.5 Å². The van der Waals surface area contributed by atoms with Crippen LogP contribution in [-0.2, 0) is 0 Å². The van der Waals surface area contributed by atoms with Crippen LogP contribution in [0.25, 0.3) is 0 Å². The quantitative estimate of drug-likeness (QED) is 0.650. The monoisotopic (exact) mass is 287 g/mol. The molecule has 2 fully saturated rings. The van der Waals surface area contributed by atoms with E-state index in [-0.39, 0.29) is 5.84 Å². The van der Waals surface area contributed by atoms with Crippen LogP contribution in [0.2, 0.25) is 0 Å². The molecule has 1 aromatic rings. The van der Waals surface area contributed by atoms with Crippen molar-refractivity contribution in [2.24, 2.45) is 11.7 Å². The summed E-state index contributed by atoms with van der Waals surface area (Å²) >= 11 is 0. The maximum Gasteiger partial charge on any atom is 0.126 e. The lowest BCUT2D eigenvalue weighted by Crippen LogP contribution is -2.47. The second-order valence-corrected chi connectivity index (χ2v) is 6.39. The molecule has 21 heavy (non-hydrogen) atoms. The van der Waals surface area contributed by atoms with Gasteiger partial charge in [0.15, 0.2) is 0 Å². The molecule has 1 aliphatic heterocycles. The smallest absolute Gasteiger partial charge is 0.126 e. The van der Waals surface area contributed by atoms with E-state index in [0.29, 0.717) is 0 Å². The predicted octanol–water partition coefficient (Wildman–Crippen LogP) is 1.51. The molecule has 1 saturated carbocycles. The number of aromatic nitrogens is 1. The summed E-state index contributed by atoms with van der Waals surface area (Å²) in [5.74, 6) is 1.07. The van der Waals surface area contributed by atoms with E-state index >= 15 is 0 Å². The minimum atomic E-state index is 0.121. The largest absolute Gasteiger partial charge is 0.384 e. The molecule has 1 saturated heterocycles. The van der Waals surface area contributed by atoms with E-state index in [4.69, 9.17) is 11.1 Å². The van der Waals surface area contributed by atoms with E-state index in [1.807, 2.05) is 13.8 Å². The number of aryl methyl sites for hydroxylation is 2. The van der Waals surface area contributed by atoms with Gasteiger partial charge in [-0.25, -0.2) is 0 Å². The Bertz CT molecular complexity index is 542. The number of pyridine rings is 1. The Kier molecular flexibility index (Phi) is 3.85. The lowest BCUT2D eigenvalue weighted by molar-refractivity contribution is 0.248. The lowest BCUT2D eigenvalue weighted by Gasteiger charge is -2.37. The predicted molar refractivity (Wildman–Crippen MR) is 86.1 cm³/mol. The number of hydrogen-bond acceptors (Lipinski definition) is 4. The number of nitrogens with zero attached hydrogens (tertiary/aromatic N) is 3. The summed E-state index contributed by atoms with van der Waals surface area (Å²) < 4.78 is 0. The maximum absolute atomic E-state index is 7.85. The summed E-state index contributed by atoms with van der Waals surface area (Å²) in [6.07, 6.45) is 2.83. The molecule has 0 bridgehead atoms. The Morgan fingerprint density at radius 3 is 2.52 bits per heavy atom. The summed E-state index contributed by atoms with van der Waals surface area (Å²) in [6, 6.07) is 2.07. The minimum absolute atomic E-state index is 0.121. The Hall–Kier alpha value is -1.62. The van der Waals surface area contributed by atoms with Gasteiger partial charge in [0, 0.05) is 38.4 Å². The third-order valence-corrected chi connectivity index (χ3v) is 4.50. The van der Waals surface area contributed by atoms with Crippen molar-refractivity contribution < 1.29 is 0 Å². The SMILES string of the molecule is Cc1cc(N2CCN(CC3CC3)CC2)c(C(=N)N)c(C)n1. The first-order valence-electron chi connectivity index (χ1n) is 7.84. The first-order chi connectivity index (χ1) is 10.0. The Morgan fingerprint density at radius 1 is 1.29 bits per heavy atom. The Balaban J connectivity index is 1.76. The van der Waals surface area contributed by atoms with Crippen LogP contribution < -0.4 is 10.6 Å². The molecule has 0 amide bonds. The first-order valence-corrected chi connectivity index (χ1v) is 7.84. The van der Waals surface area contributed by atoms with Gasteiger partial charge in [-0.15, -0.1) is 0 Å². The van der Waals surface area contributed by atoms with E-state index in [9.17, 15) is 0 Å². The fraction of sp³-hybridized carbons (Fsp3) is 0.625. The highest BCUT2D eigenvalue weighted by Gasteiger charge is 2.27. The average molecular weight is 287 g/mol. The summed E-state index contributed by atoms with van der Waals surface area (Å²) in [7, 11) is 0. The van der Waals surface area contributed by atoms with Crippen LogP contribution in [0.4, 0.5) is 5.69 Å². The number of anilines is 1. The van der Waals surface area contributed by atoms with E-state index in [2.05, 4.69) is 20.9 Å². The molecule has 114 valence electrons. The zero-order valence-corrected chi connectivity index (χ0v) is 13.0. The second kappa shape index (κ2) is 5.64. The number of nitrogens with two attached hydrogens (primary N) is 1. The molecular formula is C16H25N5. The van der Waals surface area contributed by atoms with Crippen molar-refractivity contribution in [1.29, 1.82) is 5.41 Å². The lowest BCUT2D eigenvalue weighted by atomic mass is 10.1. The van der Waals surface area contributed by atoms with Crippen molar-refractivity contribution in [2.45, 2.75) is 26.7 Å². The molecule has 0 radical (unpaired) electrons. The number of hydrogen-bond donors (Lipinski definition) is 2. The molecule has 0 unspecified atom stereocenters. The van der Waals surface area contributed by atoms with E-state index in [0.717, 1.165) is 54.7 Å². The number of nitrogens with one attached hydrogen (secondary N) is 1. The van der Waals surface area contributed by atoms with Crippen molar-refractivity contribution in [1.82, 2.24) is 9.88 Å². The van der Waals surface area contributed by atoms with Crippen LogP contribution in [0.5, 0.6) is 0 Å². The number of nitrogen functional groups attached to an aromatic ring is 1. The Morgan fingerprint density at radius 2 is 1.95 bits per heavy atom. The van der Waals surface area contributed by atoms with E-state index < -0.39 is 0 Å². The molecule has 0 atom stereocenters. The van der Waals surface area contributed by atoms with Crippen molar-refractivity contribution in [3.05, 3.63) is 23.0 Å². The zero-order valence-electron chi connectivity index (χ0n) is 13.0. The molecule has 5 heteroatoms. The van der Waals surface area contributed by atoms with Crippen LogP contribution in [0.3, 0.4) is 0 Å². The van der Waals surface area contributed by atoms with Crippen molar-refractivity contribution in [3.8, 4) is 0 Å². The zero-order chi connectivity index (χ0) is 15.0. The van der Waals surface area contributed by atoms with Crippen LogP contribution in [-0.4, -0.2) is 48.4 Å². The molecule has 5 nitrogen and oxygen atoms in total. The van der Waals surface area contributed by atoms with E-state index in [1.54, 1.807) is 0 Å². The van der Waals surface area contributed by atoms with Crippen molar-refractivity contribution in [3.63, 3.8) is 0 Å². The molecule has 3 rings (SSSR count). The standard InChI is InChI=1S/C16H25N5/c1-11-9-14(15(16(17)18)12(2)19-11)21-7-5-20(6-8-21)10-13-3-4-13/h9,13H,3-8,10H2,1-2H3,(H3,17,18). The molecule has 1 aliphatic carbocycles. The molecule has 2 aliphatic rings. The van der Waals surface area contributed by atoms with Crippen LogP contribution in [0, 0.1) is 25.2 Å². The van der Waals surface area contributed by atoms with Gasteiger partial charge in [-0.2, -0.15) is 0 Å². The maximum atomic E-state index is 7.85. The number of piperazine rings is 1. The summed E-state index contributed by atoms with van der Waals surface area (Å²) in [4.78, 5) is 9.39. The highest BCUT2D eigenvalue weighted by molar-refractivity contribution is 6.01. The van der Waals surface area contributed by atoms with Gasteiger partial charge in [0.2, 0.25) is 0 Å². The summed E-state index contributed by atoms with van der Waals surface area (Å²) in [5.41, 5.74) is 9.52. The fourth-order valence-electron chi connectivity index (χ4n) is 3.23. The summed E-state index contributed by atoms with van der Waals surface area (Å²) in [6.45, 7) is 9.44. The molecule has 0 spiro atoms. The highest BCUT2D eigenvalue weighted by atomic mass is 15.3. The van der Waals surface area contributed by atoms with Gasteiger partial charge in [-0.05, 0) is 38.7 Å². The fourth-order valence-corrected chi connectivity index (χ4v) is 3.23. The average Bonchev–Trinajstić information content (AvgIpc) is 3.22. The normalized spacial score (nSPS) is 19.8. The third-order valence-electron chi connectivity index (χ3n) is 4.50. The minimum Gasteiger partial charge on any atom is -0.384 e. The second-order valence-electron chi connectivity index (χ2n) is 6.39. The number of amidine groups is 1. The van der Waals surface area contributed by atoms with Crippen molar-refractivity contribution in [2.75, 3.05) is 37.6 Å². The van der Waals surface area contributed by atoms with Gasteiger partial charge in [0.1, 0.15) is 5.84 Å². The molecule has 0 aromatic carbocycles. The van der Waals surface area contributed by atoms with Crippen LogP contribution in [0.1, 0.15) is 29.8 Å². The van der Waals surface area contributed by atoms with Gasteiger partial charge in [-0.1, -0.05) is 0 Å². The van der Waals surface area contributed by atoms with Gasteiger partial charge in [0.05, 0.1) is 16.9 Å². The van der Waals surface area contributed by atoms with E-state index in [1.165, 1.54) is 19.4 Å². The molecule has 2 heterocycles. The third kappa shape index (κ3) is 3.18. The topological polar surface area (TPSA) is 69.2 Å². The molecular weight excluding hydrogens is 262 g/mol. The van der Waals surface area contributed by atoms with Crippen LogP contribution >= 0.6 is 0 Å². The van der Waals surface area contributed by atoms with Gasteiger partial charge < -0.3 is 10.6 Å². The van der Waals surface area contributed by atoms with Crippen LogP contribution in [0.15, 0.2) is 6.07 Å². The number of rotatable bonds is 4.